The number of benzene rings is 2. The Morgan fingerprint density at radius 1 is 1.14 bits per heavy atom. The van der Waals surface area contributed by atoms with Gasteiger partial charge in [-0.2, -0.15) is 0 Å². The second-order valence-corrected chi connectivity index (χ2v) is 6.59. The van der Waals surface area contributed by atoms with E-state index in [9.17, 15) is 14.7 Å². The van der Waals surface area contributed by atoms with E-state index in [0.29, 0.717) is 17.1 Å². The van der Waals surface area contributed by atoms with Crippen LogP contribution >= 0.6 is 0 Å². The molecule has 0 spiro atoms. The molecule has 0 aromatic heterocycles. The monoisotopic (exact) mass is 378 g/mol. The highest BCUT2D eigenvalue weighted by molar-refractivity contribution is 5.96. The molecule has 1 aliphatic heterocycles. The molecule has 28 heavy (non-hydrogen) atoms. The fourth-order valence-corrected chi connectivity index (χ4v) is 3.64. The second kappa shape index (κ2) is 6.88. The first kappa shape index (κ1) is 17.9. The van der Waals surface area contributed by atoms with Gasteiger partial charge in [-0.1, -0.05) is 24.3 Å². The zero-order chi connectivity index (χ0) is 19.8. The van der Waals surface area contributed by atoms with Gasteiger partial charge in [0.1, 0.15) is 28.9 Å². The number of aromatic hydroxyl groups is 1. The maximum atomic E-state index is 12.3. The highest BCUT2D eigenvalue weighted by atomic mass is 16.5. The molecule has 1 heterocycles. The predicted molar refractivity (Wildman–Crippen MR) is 101 cm³/mol. The third-order valence-corrected chi connectivity index (χ3v) is 4.79. The molecule has 1 N–H and O–H groups in total. The fraction of sp³-hybridized carbons (Fsp3) is 0.182. The first-order chi connectivity index (χ1) is 13.5. The maximum absolute atomic E-state index is 12.3. The third kappa shape index (κ3) is 3.03. The topological polar surface area (TPSA) is 82.1 Å². The van der Waals surface area contributed by atoms with E-state index < -0.39 is 5.97 Å². The van der Waals surface area contributed by atoms with Crippen molar-refractivity contribution in [1.82, 2.24) is 0 Å². The lowest BCUT2D eigenvalue weighted by atomic mass is 9.88. The molecule has 0 radical (unpaired) electrons. The fourth-order valence-electron chi connectivity index (χ4n) is 3.64. The molecule has 0 bridgehead atoms. The van der Waals surface area contributed by atoms with Crippen molar-refractivity contribution in [2.45, 2.75) is 18.9 Å². The number of methoxy groups -OCH3 is 1. The van der Waals surface area contributed by atoms with Crippen LogP contribution < -0.4 is 9.47 Å². The van der Waals surface area contributed by atoms with Crippen LogP contribution in [0.3, 0.4) is 0 Å². The van der Waals surface area contributed by atoms with Crippen molar-refractivity contribution in [3.8, 4) is 17.2 Å². The molecular formula is C22H18O6. The van der Waals surface area contributed by atoms with Crippen LogP contribution in [0.4, 0.5) is 0 Å². The Kier molecular flexibility index (Phi) is 4.39. The number of esters is 2. The van der Waals surface area contributed by atoms with E-state index in [2.05, 4.69) is 0 Å². The molecule has 1 aliphatic carbocycles. The highest BCUT2D eigenvalue weighted by Gasteiger charge is 2.42. The summed E-state index contributed by atoms with van der Waals surface area (Å²) in [6.45, 7) is 1.35. The van der Waals surface area contributed by atoms with Gasteiger partial charge in [-0.05, 0) is 41.5 Å². The van der Waals surface area contributed by atoms with Gasteiger partial charge in [-0.25, -0.2) is 4.79 Å². The van der Waals surface area contributed by atoms with Crippen molar-refractivity contribution in [2.24, 2.45) is 0 Å². The van der Waals surface area contributed by atoms with Gasteiger partial charge in [-0.3, -0.25) is 4.79 Å². The number of carbonyl (C=O) groups is 2. The molecule has 142 valence electrons. The Labute approximate surface area is 161 Å². The highest BCUT2D eigenvalue weighted by Crippen LogP contribution is 2.50. The predicted octanol–water partition coefficient (Wildman–Crippen LogP) is 3.60. The summed E-state index contributed by atoms with van der Waals surface area (Å²) in [7, 11) is 1.28. The van der Waals surface area contributed by atoms with Gasteiger partial charge in [0.05, 0.1) is 13.0 Å². The first-order valence-electron chi connectivity index (χ1n) is 8.77. The van der Waals surface area contributed by atoms with Crippen molar-refractivity contribution in [1.29, 1.82) is 0 Å². The molecule has 2 atom stereocenters. The number of hydrogen-bond donors (Lipinski definition) is 1. The van der Waals surface area contributed by atoms with Crippen molar-refractivity contribution in [2.75, 3.05) is 7.11 Å². The first-order valence-corrected chi connectivity index (χ1v) is 8.77. The summed E-state index contributed by atoms with van der Waals surface area (Å²) in [4.78, 5) is 23.3. The van der Waals surface area contributed by atoms with Gasteiger partial charge in [-0.15, -0.1) is 0 Å². The van der Waals surface area contributed by atoms with E-state index in [1.165, 1.54) is 20.1 Å². The Balaban J connectivity index is 1.72. The number of phenols is 1. The number of rotatable bonds is 3. The van der Waals surface area contributed by atoms with Crippen molar-refractivity contribution in [3.05, 3.63) is 70.8 Å². The molecule has 2 aliphatic rings. The number of fused-ring (bicyclic) bond motifs is 3. The van der Waals surface area contributed by atoms with Crippen LogP contribution in [-0.4, -0.2) is 30.3 Å². The number of hydrogen-bond acceptors (Lipinski definition) is 6. The molecule has 0 saturated heterocycles. The minimum Gasteiger partial charge on any atom is -0.507 e. The van der Waals surface area contributed by atoms with E-state index in [0.717, 1.165) is 11.1 Å². The number of ether oxygens (including phenoxy) is 3. The Morgan fingerprint density at radius 3 is 2.57 bits per heavy atom. The van der Waals surface area contributed by atoms with E-state index in [4.69, 9.17) is 14.2 Å². The van der Waals surface area contributed by atoms with Gasteiger partial charge in [0, 0.05) is 12.5 Å². The minimum atomic E-state index is -0.601. The van der Waals surface area contributed by atoms with Crippen molar-refractivity contribution < 1.29 is 28.9 Å². The number of allylic oxidation sites excluding steroid dienone is 1. The van der Waals surface area contributed by atoms with Gasteiger partial charge in [0.25, 0.3) is 0 Å². The van der Waals surface area contributed by atoms with Crippen LogP contribution in [-0.2, 0) is 9.53 Å². The average Bonchev–Trinajstić information content (AvgIpc) is 3.22. The van der Waals surface area contributed by atoms with E-state index in [1.807, 2.05) is 30.4 Å². The molecule has 6 heteroatoms. The summed E-state index contributed by atoms with van der Waals surface area (Å²) in [6.07, 6.45) is 5.61. The Morgan fingerprint density at radius 2 is 1.89 bits per heavy atom. The van der Waals surface area contributed by atoms with Crippen molar-refractivity contribution in [3.63, 3.8) is 0 Å². The lowest BCUT2D eigenvalue weighted by Crippen LogP contribution is -2.14. The third-order valence-electron chi connectivity index (χ3n) is 4.79. The average molecular weight is 378 g/mol. The quantitative estimate of drug-likeness (QED) is 0.649. The van der Waals surface area contributed by atoms with Crippen LogP contribution in [0.5, 0.6) is 17.2 Å². The standard InChI is InChI=1S/C22H18O6/c1-12(23)27-15-6-3-13(4-7-15)11-14-5-9-17-19(14)21-18(28-17)10-8-16(24)20(21)22(25)26-2/h3-11,17,19,24H,1-2H3/b14-11-/t17-,19+/m0/s1. The summed E-state index contributed by atoms with van der Waals surface area (Å²) in [5, 5.41) is 10.2. The van der Waals surface area contributed by atoms with Gasteiger partial charge in [0.15, 0.2) is 0 Å². The molecule has 4 rings (SSSR count). The van der Waals surface area contributed by atoms with Gasteiger partial charge in [0.2, 0.25) is 0 Å². The van der Waals surface area contributed by atoms with Crippen LogP contribution in [0.25, 0.3) is 6.08 Å². The molecular weight excluding hydrogens is 360 g/mol. The Bertz CT molecular complexity index is 1020. The normalized spacial score (nSPS) is 20.4. The summed E-state index contributed by atoms with van der Waals surface area (Å²) in [5.74, 6) is -0.287. The molecule has 2 aromatic carbocycles. The summed E-state index contributed by atoms with van der Waals surface area (Å²) in [6, 6.07) is 10.2. The Hall–Kier alpha value is -3.54. The van der Waals surface area contributed by atoms with E-state index in [-0.39, 0.29) is 29.3 Å². The van der Waals surface area contributed by atoms with Crippen LogP contribution in [0.1, 0.15) is 34.3 Å². The minimum absolute atomic E-state index is 0.132. The molecule has 6 nitrogen and oxygen atoms in total. The number of carbonyl (C=O) groups excluding carboxylic acids is 2. The molecule has 2 aromatic rings. The maximum Gasteiger partial charge on any atom is 0.342 e. The second-order valence-electron chi connectivity index (χ2n) is 6.59. The van der Waals surface area contributed by atoms with Crippen LogP contribution in [0.15, 0.2) is 54.1 Å². The van der Waals surface area contributed by atoms with Crippen LogP contribution in [0.2, 0.25) is 0 Å². The summed E-state index contributed by atoms with van der Waals surface area (Å²) in [5.41, 5.74) is 2.61. The zero-order valence-corrected chi connectivity index (χ0v) is 15.3. The molecule has 0 amide bonds. The summed E-state index contributed by atoms with van der Waals surface area (Å²) < 4.78 is 15.9. The van der Waals surface area contributed by atoms with Gasteiger partial charge < -0.3 is 19.3 Å². The lowest BCUT2D eigenvalue weighted by molar-refractivity contribution is -0.131. The SMILES string of the molecule is COC(=O)c1c(O)ccc2c1[C@@H]1/C(=C\c3ccc(OC(C)=O)cc3)C=C[C@@H]1O2. The zero-order valence-electron chi connectivity index (χ0n) is 15.3. The summed E-state index contributed by atoms with van der Waals surface area (Å²) >= 11 is 0. The molecule has 0 unspecified atom stereocenters. The largest absolute Gasteiger partial charge is 0.507 e. The molecule has 0 saturated carbocycles. The van der Waals surface area contributed by atoms with Crippen molar-refractivity contribution >= 4 is 18.0 Å². The van der Waals surface area contributed by atoms with E-state index in [1.54, 1.807) is 18.2 Å². The van der Waals surface area contributed by atoms with Crippen LogP contribution in [0, 0.1) is 0 Å². The smallest absolute Gasteiger partial charge is 0.342 e. The number of phenolic OH excluding ortho intramolecular Hbond substituents is 1. The van der Waals surface area contributed by atoms with Gasteiger partial charge >= 0.3 is 11.9 Å². The lowest BCUT2D eigenvalue weighted by Gasteiger charge is -2.14. The van der Waals surface area contributed by atoms with E-state index >= 15 is 0 Å². The molecule has 0 fully saturated rings.